The van der Waals surface area contributed by atoms with Gasteiger partial charge in [0.2, 0.25) is 17.7 Å². The monoisotopic (exact) mass is 456 g/mol. The molecule has 2 saturated heterocycles. The molecule has 5 N–H and O–H groups in total. The summed E-state index contributed by atoms with van der Waals surface area (Å²) >= 11 is 0. The van der Waals surface area contributed by atoms with Crippen LogP contribution < -0.4 is 21.7 Å². The van der Waals surface area contributed by atoms with Crippen LogP contribution in [0.15, 0.2) is 18.2 Å². The lowest BCUT2D eigenvalue weighted by Gasteiger charge is -2.27. The van der Waals surface area contributed by atoms with Crippen molar-refractivity contribution in [2.45, 2.75) is 37.8 Å². The van der Waals surface area contributed by atoms with E-state index in [0.717, 1.165) is 24.4 Å². The van der Waals surface area contributed by atoms with Crippen LogP contribution in [-0.2, 0) is 14.4 Å². The quantitative estimate of drug-likeness (QED) is 0.288. The zero-order chi connectivity index (χ0) is 23.5. The molecular formula is C22H28N6O5. The fourth-order valence-corrected chi connectivity index (χ4v) is 4.47. The molecule has 1 aromatic carbocycles. The Morgan fingerprint density at radius 1 is 1.12 bits per heavy atom. The van der Waals surface area contributed by atoms with Gasteiger partial charge in [-0.1, -0.05) is 6.07 Å². The number of amides is 5. The molecule has 11 nitrogen and oxygen atoms in total. The second kappa shape index (κ2) is 9.67. The molecule has 3 aliphatic heterocycles. The SMILES string of the molecule is N[C@H]1CCN(CC(=O)NCCCNc2cccc3c2C(=O)N(C2CCC(=O)NC2=O)C3=O)C1. The van der Waals surface area contributed by atoms with Crippen LogP contribution in [-0.4, -0.2) is 84.1 Å². The van der Waals surface area contributed by atoms with Gasteiger partial charge in [0.25, 0.3) is 11.8 Å². The number of nitrogens with zero attached hydrogens (tertiary/aromatic N) is 2. The molecule has 2 atom stereocenters. The van der Waals surface area contributed by atoms with E-state index in [1.165, 1.54) is 0 Å². The van der Waals surface area contributed by atoms with Gasteiger partial charge < -0.3 is 16.4 Å². The van der Waals surface area contributed by atoms with Gasteiger partial charge in [-0.15, -0.1) is 0 Å². The highest BCUT2D eigenvalue weighted by atomic mass is 16.2. The van der Waals surface area contributed by atoms with Crippen molar-refractivity contribution in [1.29, 1.82) is 0 Å². The summed E-state index contributed by atoms with van der Waals surface area (Å²) in [6.45, 7) is 2.84. The zero-order valence-electron chi connectivity index (χ0n) is 18.3. The van der Waals surface area contributed by atoms with Crippen LogP contribution in [0.2, 0.25) is 0 Å². The molecule has 0 spiro atoms. The van der Waals surface area contributed by atoms with Crippen molar-refractivity contribution >= 4 is 35.2 Å². The summed E-state index contributed by atoms with van der Waals surface area (Å²) in [6, 6.07) is 4.06. The van der Waals surface area contributed by atoms with Crippen molar-refractivity contribution in [3.63, 3.8) is 0 Å². The first-order valence-electron chi connectivity index (χ1n) is 11.2. The first kappa shape index (κ1) is 22.9. The number of nitrogens with one attached hydrogen (secondary N) is 3. The van der Waals surface area contributed by atoms with Gasteiger partial charge in [-0.3, -0.25) is 39.1 Å². The van der Waals surface area contributed by atoms with E-state index in [2.05, 4.69) is 16.0 Å². The Morgan fingerprint density at radius 2 is 1.94 bits per heavy atom. The van der Waals surface area contributed by atoms with Crippen molar-refractivity contribution in [2.24, 2.45) is 5.73 Å². The molecule has 0 radical (unpaired) electrons. The lowest BCUT2D eigenvalue weighted by molar-refractivity contribution is -0.136. The Bertz CT molecular complexity index is 995. The van der Waals surface area contributed by atoms with E-state index >= 15 is 0 Å². The zero-order valence-corrected chi connectivity index (χ0v) is 18.3. The van der Waals surface area contributed by atoms with Gasteiger partial charge in [0.05, 0.1) is 17.7 Å². The molecular weight excluding hydrogens is 428 g/mol. The summed E-state index contributed by atoms with van der Waals surface area (Å²) in [5.41, 5.74) is 6.80. The van der Waals surface area contributed by atoms with Crippen LogP contribution >= 0.6 is 0 Å². The van der Waals surface area contributed by atoms with Gasteiger partial charge in [0.1, 0.15) is 6.04 Å². The van der Waals surface area contributed by atoms with E-state index < -0.39 is 29.7 Å². The summed E-state index contributed by atoms with van der Waals surface area (Å²) in [5, 5.41) is 8.22. The van der Waals surface area contributed by atoms with Crippen LogP contribution in [0.3, 0.4) is 0 Å². The van der Waals surface area contributed by atoms with E-state index in [1.807, 2.05) is 4.90 Å². The molecule has 0 aliphatic carbocycles. The Balaban J connectivity index is 1.30. The Morgan fingerprint density at radius 3 is 2.67 bits per heavy atom. The Labute approximate surface area is 191 Å². The number of likely N-dealkylation sites (tertiary alicyclic amines) is 1. The number of fused-ring (bicyclic) bond motifs is 1. The standard InChI is InChI=1S/C22H28N6O5/c23-13-7-10-27(11-13)12-18(30)25-9-2-8-24-15-4-1-3-14-19(15)22(33)28(21(14)32)16-5-6-17(29)26-20(16)31/h1,3-4,13,16,24H,2,5-12,23H2,(H,25,30)(H,26,29,31)/t13-,16?/m0/s1. The van der Waals surface area contributed by atoms with E-state index in [0.29, 0.717) is 31.7 Å². The van der Waals surface area contributed by atoms with Crippen LogP contribution in [0.4, 0.5) is 5.69 Å². The highest BCUT2D eigenvalue weighted by molar-refractivity contribution is 6.25. The molecule has 4 rings (SSSR count). The minimum atomic E-state index is -0.997. The van der Waals surface area contributed by atoms with E-state index in [1.54, 1.807) is 18.2 Å². The predicted octanol–water partition coefficient (Wildman–Crippen LogP) is -0.961. The molecule has 176 valence electrons. The van der Waals surface area contributed by atoms with Crippen LogP contribution in [0, 0.1) is 0 Å². The highest BCUT2D eigenvalue weighted by Gasteiger charge is 2.45. The number of hydrogen-bond donors (Lipinski definition) is 4. The fourth-order valence-electron chi connectivity index (χ4n) is 4.47. The largest absolute Gasteiger partial charge is 0.384 e. The Hall–Kier alpha value is -3.31. The maximum Gasteiger partial charge on any atom is 0.264 e. The number of nitrogens with two attached hydrogens (primary N) is 1. The van der Waals surface area contributed by atoms with Crippen LogP contribution in [0.1, 0.15) is 46.4 Å². The minimum Gasteiger partial charge on any atom is -0.384 e. The lowest BCUT2D eigenvalue weighted by atomic mass is 10.0. The van der Waals surface area contributed by atoms with Crippen molar-refractivity contribution < 1.29 is 24.0 Å². The molecule has 3 heterocycles. The topological polar surface area (TPSA) is 154 Å². The average Bonchev–Trinajstić information content (AvgIpc) is 3.29. The average molecular weight is 457 g/mol. The third-order valence-electron chi connectivity index (χ3n) is 6.14. The maximum atomic E-state index is 13.0. The molecule has 0 saturated carbocycles. The van der Waals surface area contributed by atoms with Gasteiger partial charge >= 0.3 is 0 Å². The van der Waals surface area contributed by atoms with Crippen LogP contribution in [0.25, 0.3) is 0 Å². The molecule has 0 aromatic heterocycles. The second-order valence-electron chi connectivity index (χ2n) is 8.59. The normalized spacial score (nSPS) is 23.0. The molecule has 1 unspecified atom stereocenters. The first-order chi connectivity index (χ1) is 15.8. The van der Waals surface area contributed by atoms with Gasteiger partial charge in [0, 0.05) is 44.3 Å². The lowest BCUT2D eigenvalue weighted by Crippen LogP contribution is -2.54. The Kier molecular flexibility index (Phi) is 6.70. The first-order valence-corrected chi connectivity index (χ1v) is 11.2. The van der Waals surface area contributed by atoms with Crippen molar-refractivity contribution in [2.75, 3.05) is 38.0 Å². The van der Waals surface area contributed by atoms with E-state index in [4.69, 9.17) is 5.73 Å². The number of benzene rings is 1. The maximum absolute atomic E-state index is 13.0. The third kappa shape index (κ3) is 4.88. The molecule has 11 heteroatoms. The van der Waals surface area contributed by atoms with Crippen molar-refractivity contribution in [3.8, 4) is 0 Å². The number of imide groups is 2. The second-order valence-corrected chi connectivity index (χ2v) is 8.59. The smallest absolute Gasteiger partial charge is 0.264 e. The fraction of sp³-hybridized carbons (Fsp3) is 0.500. The van der Waals surface area contributed by atoms with E-state index in [9.17, 15) is 24.0 Å². The molecule has 0 bridgehead atoms. The number of rotatable bonds is 8. The molecule has 33 heavy (non-hydrogen) atoms. The van der Waals surface area contributed by atoms with Crippen LogP contribution in [0.5, 0.6) is 0 Å². The minimum absolute atomic E-state index is 0.0506. The third-order valence-corrected chi connectivity index (χ3v) is 6.14. The number of anilines is 1. The van der Waals surface area contributed by atoms with Crippen molar-refractivity contribution in [3.05, 3.63) is 29.3 Å². The highest BCUT2D eigenvalue weighted by Crippen LogP contribution is 2.32. The predicted molar refractivity (Wildman–Crippen MR) is 118 cm³/mol. The summed E-state index contributed by atoms with van der Waals surface area (Å²) in [5.74, 6) is -2.19. The van der Waals surface area contributed by atoms with Gasteiger partial charge in [-0.2, -0.15) is 0 Å². The molecule has 2 fully saturated rings. The number of hydrogen-bond acceptors (Lipinski definition) is 8. The van der Waals surface area contributed by atoms with Gasteiger partial charge in [-0.05, 0) is 31.4 Å². The van der Waals surface area contributed by atoms with Gasteiger partial charge in [0.15, 0.2) is 0 Å². The molecule has 5 amide bonds. The summed E-state index contributed by atoms with van der Waals surface area (Å²) in [7, 11) is 0. The molecule has 1 aromatic rings. The number of piperidine rings is 1. The summed E-state index contributed by atoms with van der Waals surface area (Å²) in [6.07, 6.45) is 1.71. The molecule has 3 aliphatic rings. The number of carbonyl (C=O) groups excluding carboxylic acids is 5. The van der Waals surface area contributed by atoms with Gasteiger partial charge in [-0.25, -0.2) is 0 Å². The summed E-state index contributed by atoms with van der Waals surface area (Å²) in [4.78, 5) is 64.6. The van der Waals surface area contributed by atoms with E-state index in [-0.39, 0.29) is 35.9 Å². The number of carbonyl (C=O) groups is 5. The summed E-state index contributed by atoms with van der Waals surface area (Å²) < 4.78 is 0. The van der Waals surface area contributed by atoms with Crippen molar-refractivity contribution in [1.82, 2.24) is 20.4 Å².